The summed E-state index contributed by atoms with van der Waals surface area (Å²) in [5.74, 6) is 2.77. The van der Waals surface area contributed by atoms with Crippen molar-refractivity contribution in [3.8, 4) is 0 Å². The van der Waals surface area contributed by atoms with Crippen molar-refractivity contribution in [2.75, 3.05) is 26.0 Å². The van der Waals surface area contributed by atoms with Gasteiger partial charge in [-0.05, 0) is 55.6 Å². The van der Waals surface area contributed by atoms with Gasteiger partial charge in [-0.3, -0.25) is 0 Å². The van der Waals surface area contributed by atoms with Gasteiger partial charge in [-0.1, -0.05) is 19.9 Å². The summed E-state index contributed by atoms with van der Waals surface area (Å²) in [4.78, 5) is 0. The molecule has 0 spiro atoms. The molecule has 0 aromatic rings. The van der Waals surface area contributed by atoms with Crippen molar-refractivity contribution < 1.29 is 13.2 Å². The summed E-state index contributed by atoms with van der Waals surface area (Å²) in [7, 11) is -3.01. The Kier molecular flexibility index (Phi) is 6.09. The first kappa shape index (κ1) is 17.5. The van der Waals surface area contributed by atoms with E-state index >= 15 is 0 Å². The molecule has 22 heavy (non-hydrogen) atoms. The molecule has 1 aliphatic heterocycles. The van der Waals surface area contributed by atoms with Crippen molar-refractivity contribution in [1.82, 2.24) is 4.31 Å². The molecule has 0 aromatic carbocycles. The van der Waals surface area contributed by atoms with Gasteiger partial charge >= 0.3 is 0 Å². The molecule has 2 aliphatic rings. The average Bonchev–Trinajstić information content (AvgIpc) is 2.47. The molecule has 0 aromatic heterocycles. The van der Waals surface area contributed by atoms with Crippen LogP contribution in [-0.2, 0) is 14.8 Å². The molecular formula is C17H29NO3S. The summed E-state index contributed by atoms with van der Waals surface area (Å²) in [5.41, 5.74) is 0. The smallest absolute Gasteiger partial charge is 0.211 e. The van der Waals surface area contributed by atoms with Gasteiger partial charge in [0, 0.05) is 13.1 Å². The molecule has 0 saturated carbocycles. The van der Waals surface area contributed by atoms with Gasteiger partial charge in [0.25, 0.3) is 0 Å². The van der Waals surface area contributed by atoms with E-state index in [-0.39, 0.29) is 0 Å². The van der Waals surface area contributed by atoms with E-state index in [2.05, 4.69) is 32.1 Å². The van der Waals surface area contributed by atoms with Gasteiger partial charge in [-0.2, -0.15) is 0 Å². The van der Waals surface area contributed by atoms with E-state index in [1.165, 1.54) is 6.26 Å². The maximum atomic E-state index is 11.5. The summed E-state index contributed by atoms with van der Waals surface area (Å²) in [5, 5.41) is 0. The van der Waals surface area contributed by atoms with Crippen molar-refractivity contribution in [2.45, 2.75) is 39.5 Å². The Hall–Kier alpha value is -0.810. The highest BCUT2D eigenvalue weighted by molar-refractivity contribution is 7.88. The van der Waals surface area contributed by atoms with Gasteiger partial charge in [-0.15, -0.1) is 0 Å². The molecule has 2 atom stereocenters. The average molecular weight is 327 g/mol. The zero-order valence-electron chi connectivity index (χ0n) is 14.0. The summed E-state index contributed by atoms with van der Waals surface area (Å²) in [6.45, 7) is 6.54. The second kappa shape index (κ2) is 7.64. The summed E-state index contributed by atoms with van der Waals surface area (Å²) in [6.07, 6.45) is 11.9. The Bertz CT molecular complexity index is 516. The lowest BCUT2D eigenvalue weighted by Crippen LogP contribution is -2.37. The molecule has 1 aliphatic carbocycles. The summed E-state index contributed by atoms with van der Waals surface area (Å²) >= 11 is 0. The molecule has 0 bridgehead atoms. The highest BCUT2D eigenvalue weighted by Crippen LogP contribution is 2.25. The number of hydrogen-bond acceptors (Lipinski definition) is 3. The van der Waals surface area contributed by atoms with Crippen LogP contribution in [0.25, 0.3) is 0 Å². The molecule has 2 rings (SSSR count). The fourth-order valence-electron chi connectivity index (χ4n) is 3.08. The number of rotatable bonds is 6. The topological polar surface area (TPSA) is 46.6 Å². The third kappa shape index (κ3) is 5.13. The standard InChI is InChI=1S/C17H29NO3S/c1-14-6-7-17(13-15(14)2)21-12-4-5-16-8-10-18(11-9-16)22(3,19)20/h6-7,13-16H,4-5,8-12H2,1-3H3/t14-,15+/m0/s1. The lowest BCUT2D eigenvalue weighted by molar-refractivity contribution is 0.192. The number of nitrogens with zero attached hydrogens (tertiary/aromatic N) is 1. The molecule has 0 unspecified atom stereocenters. The van der Waals surface area contributed by atoms with Crippen LogP contribution in [0.1, 0.15) is 39.5 Å². The highest BCUT2D eigenvalue weighted by atomic mass is 32.2. The third-order valence-electron chi connectivity index (χ3n) is 4.89. The first-order chi connectivity index (χ1) is 10.4. The fourth-order valence-corrected chi connectivity index (χ4v) is 3.95. The maximum Gasteiger partial charge on any atom is 0.211 e. The molecule has 0 N–H and O–H groups in total. The third-order valence-corrected chi connectivity index (χ3v) is 6.19. The molecule has 4 nitrogen and oxygen atoms in total. The Morgan fingerprint density at radius 2 is 1.91 bits per heavy atom. The van der Waals surface area contributed by atoms with Gasteiger partial charge < -0.3 is 4.74 Å². The minimum absolute atomic E-state index is 0.542. The van der Waals surface area contributed by atoms with E-state index in [0.29, 0.717) is 30.8 Å². The van der Waals surface area contributed by atoms with Gasteiger partial charge in [-0.25, -0.2) is 12.7 Å². The van der Waals surface area contributed by atoms with E-state index < -0.39 is 10.0 Å². The Morgan fingerprint density at radius 3 is 2.50 bits per heavy atom. The lowest BCUT2D eigenvalue weighted by atomic mass is 9.91. The van der Waals surface area contributed by atoms with Crippen molar-refractivity contribution in [2.24, 2.45) is 17.8 Å². The predicted octanol–water partition coefficient (Wildman–Crippen LogP) is 3.18. The van der Waals surface area contributed by atoms with Crippen molar-refractivity contribution in [3.63, 3.8) is 0 Å². The second-order valence-electron chi connectivity index (χ2n) is 6.74. The van der Waals surface area contributed by atoms with Gasteiger partial charge in [0.2, 0.25) is 10.0 Å². The number of ether oxygens (including phenoxy) is 1. The Labute approximate surface area is 135 Å². The maximum absolute atomic E-state index is 11.5. The number of sulfonamides is 1. The highest BCUT2D eigenvalue weighted by Gasteiger charge is 2.24. The van der Waals surface area contributed by atoms with Crippen LogP contribution in [0.15, 0.2) is 24.0 Å². The van der Waals surface area contributed by atoms with Crippen LogP contribution >= 0.6 is 0 Å². The molecule has 1 fully saturated rings. The molecule has 0 radical (unpaired) electrons. The number of allylic oxidation sites excluding steroid dienone is 3. The first-order valence-electron chi connectivity index (χ1n) is 8.34. The molecule has 0 amide bonds. The van der Waals surface area contributed by atoms with Gasteiger partial charge in [0.15, 0.2) is 0 Å². The Balaban J connectivity index is 1.62. The molecular weight excluding hydrogens is 298 g/mol. The number of piperidine rings is 1. The minimum Gasteiger partial charge on any atom is -0.494 e. The van der Waals surface area contributed by atoms with Crippen molar-refractivity contribution >= 4 is 10.0 Å². The van der Waals surface area contributed by atoms with E-state index in [0.717, 1.165) is 38.0 Å². The van der Waals surface area contributed by atoms with E-state index in [9.17, 15) is 8.42 Å². The van der Waals surface area contributed by atoms with E-state index in [1.54, 1.807) is 4.31 Å². The quantitative estimate of drug-likeness (QED) is 0.704. The van der Waals surface area contributed by atoms with Crippen molar-refractivity contribution in [1.29, 1.82) is 0 Å². The molecule has 1 heterocycles. The van der Waals surface area contributed by atoms with Gasteiger partial charge in [0.1, 0.15) is 5.76 Å². The second-order valence-corrected chi connectivity index (χ2v) is 8.72. The van der Waals surface area contributed by atoms with Crippen LogP contribution in [0.5, 0.6) is 0 Å². The molecule has 5 heteroatoms. The Morgan fingerprint density at radius 1 is 1.23 bits per heavy atom. The predicted molar refractivity (Wildman–Crippen MR) is 89.9 cm³/mol. The van der Waals surface area contributed by atoms with E-state index in [1.807, 2.05) is 0 Å². The van der Waals surface area contributed by atoms with Crippen molar-refractivity contribution in [3.05, 3.63) is 24.0 Å². The van der Waals surface area contributed by atoms with Crippen LogP contribution in [0, 0.1) is 17.8 Å². The molecule has 126 valence electrons. The van der Waals surface area contributed by atoms with Crippen LogP contribution in [0.2, 0.25) is 0 Å². The van der Waals surface area contributed by atoms with E-state index in [4.69, 9.17) is 4.74 Å². The fraction of sp³-hybridized carbons (Fsp3) is 0.765. The monoisotopic (exact) mass is 327 g/mol. The number of hydrogen-bond donors (Lipinski definition) is 0. The zero-order chi connectivity index (χ0) is 16.2. The van der Waals surface area contributed by atoms with Crippen LogP contribution in [-0.4, -0.2) is 38.7 Å². The van der Waals surface area contributed by atoms with Gasteiger partial charge in [0.05, 0.1) is 12.9 Å². The van der Waals surface area contributed by atoms with Crippen LogP contribution in [0.4, 0.5) is 0 Å². The SMILES string of the molecule is C[C@@H]1C=C(OCCCC2CCN(S(C)(=O)=O)CC2)C=C[C@@H]1C. The lowest BCUT2D eigenvalue weighted by Gasteiger charge is -2.30. The first-order valence-corrected chi connectivity index (χ1v) is 10.2. The largest absolute Gasteiger partial charge is 0.494 e. The van der Waals surface area contributed by atoms with Crippen LogP contribution < -0.4 is 0 Å². The summed E-state index contributed by atoms with van der Waals surface area (Å²) < 4.78 is 30.4. The molecule has 1 saturated heterocycles. The normalized spacial score (nSPS) is 27.7. The minimum atomic E-state index is -3.01. The van der Waals surface area contributed by atoms with Crippen LogP contribution in [0.3, 0.4) is 0 Å². The summed E-state index contributed by atoms with van der Waals surface area (Å²) in [6, 6.07) is 0. The zero-order valence-corrected chi connectivity index (χ0v) is 14.8.